The molecule has 1 fully saturated rings. The number of amides is 1. The van der Waals surface area contributed by atoms with Crippen molar-refractivity contribution in [2.45, 2.75) is 31.2 Å². The molecule has 0 bridgehead atoms. The van der Waals surface area contributed by atoms with Crippen molar-refractivity contribution in [3.8, 4) is 0 Å². The first-order valence-corrected chi connectivity index (χ1v) is 8.59. The third-order valence-electron chi connectivity index (χ3n) is 4.63. The molecular weight excluding hydrogens is 332 g/mol. The summed E-state index contributed by atoms with van der Waals surface area (Å²) in [4.78, 5) is 23.9. The molecule has 1 atom stereocenters. The summed E-state index contributed by atoms with van der Waals surface area (Å²) in [5.74, 6) is -0.946. The highest BCUT2D eigenvalue weighted by molar-refractivity contribution is 5.93. The maximum absolute atomic E-state index is 12.6. The molecule has 6 heteroatoms. The van der Waals surface area contributed by atoms with Gasteiger partial charge in [-0.25, -0.2) is 0 Å². The monoisotopic (exact) mass is 350 g/mol. The molecule has 0 radical (unpaired) electrons. The van der Waals surface area contributed by atoms with Gasteiger partial charge >= 0.3 is 5.97 Å². The van der Waals surface area contributed by atoms with E-state index in [0.717, 1.165) is 34.9 Å². The summed E-state index contributed by atoms with van der Waals surface area (Å²) in [6.07, 6.45) is 1.90. The van der Waals surface area contributed by atoms with E-state index >= 15 is 0 Å². The van der Waals surface area contributed by atoms with E-state index in [0.29, 0.717) is 5.92 Å². The Balaban J connectivity index is 1.63. The lowest BCUT2D eigenvalue weighted by Crippen LogP contribution is -2.30. The van der Waals surface area contributed by atoms with Crippen molar-refractivity contribution in [2.24, 2.45) is 0 Å². The number of hydrogen-bond acceptors (Lipinski definition) is 4. The highest BCUT2D eigenvalue weighted by Crippen LogP contribution is 2.39. The SMILES string of the molecule is O=C(O)C[C@@H](NC(=O)c1cc(C2CC2)no1)c1cccc2ccccc12. The van der Waals surface area contributed by atoms with Gasteiger partial charge in [-0.15, -0.1) is 0 Å². The lowest BCUT2D eigenvalue weighted by Gasteiger charge is -2.18. The number of aliphatic carboxylic acids is 1. The fraction of sp³-hybridized carbons (Fsp3) is 0.250. The Bertz CT molecular complexity index is 969. The van der Waals surface area contributed by atoms with Gasteiger partial charge in [0.1, 0.15) is 0 Å². The molecule has 0 saturated heterocycles. The first kappa shape index (κ1) is 16.3. The number of nitrogens with one attached hydrogen (secondary N) is 1. The molecule has 0 unspecified atom stereocenters. The molecule has 1 aliphatic carbocycles. The van der Waals surface area contributed by atoms with E-state index < -0.39 is 17.9 Å². The van der Waals surface area contributed by atoms with Crippen molar-refractivity contribution in [1.82, 2.24) is 10.5 Å². The standard InChI is InChI=1S/C20H18N2O4/c23-19(24)11-17(15-7-3-5-12-4-1-2-6-14(12)15)21-20(25)18-10-16(22-26-18)13-8-9-13/h1-7,10,13,17H,8-9,11H2,(H,21,25)(H,23,24)/t17-/m1/s1. The number of carboxylic acid groups (broad SMARTS) is 1. The average molecular weight is 350 g/mol. The zero-order chi connectivity index (χ0) is 18.1. The zero-order valence-corrected chi connectivity index (χ0v) is 14.0. The molecule has 0 spiro atoms. The topological polar surface area (TPSA) is 92.4 Å². The summed E-state index contributed by atoms with van der Waals surface area (Å²) in [5, 5.41) is 17.9. The van der Waals surface area contributed by atoms with Gasteiger partial charge in [0.2, 0.25) is 5.76 Å². The molecule has 6 nitrogen and oxygen atoms in total. The van der Waals surface area contributed by atoms with Crippen molar-refractivity contribution < 1.29 is 19.2 Å². The Morgan fingerprint density at radius 1 is 1.19 bits per heavy atom. The van der Waals surface area contributed by atoms with E-state index in [-0.39, 0.29) is 12.2 Å². The van der Waals surface area contributed by atoms with Crippen LogP contribution < -0.4 is 5.32 Å². The van der Waals surface area contributed by atoms with Crippen LogP contribution in [-0.4, -0.2) is 22.1 Å². The number of carbonyl (C=O) groups is 2. The second kappa shape index (κ2) is 6.63. The van der Waals surface area contributed by atoms with Gasteiger partial charge in [0.15, 0.2) is 0 Å². The summed E-state index contributed by atoms with van der Waals surface area (Å²) < 4.78 is 5.15. The molecule has 1 aromatic heterocycles. The highest BCUT2D eigenvalue weighted by atomic mass is 16.5. The summed E-state index contributed by atoms with van der Waals surface area (Å²) >= 11 is 0. The van der Waals surface area contributed by atoms with E-state index in [2.05, 4.69) is 10.5 Å². The van der Waals surface area contributed by atoms with Gasteiger partial charge in [-0.3, -0.25) is 9.59 Å². The minimum atomic E-state index is -0.987. The Kier molecular flexibility index (Phi) is 4.16. The molecule has 132 valence electrons. The molecule has 0 aliphatic heterocycles. The first-order valence-electron chi connectivity index (χ1n) is 8.59. The van der Waals surface area contributed by atoms with E-state index in [1.807, 2.05) is 42.5 Å². The largest absolute Gasteiger partial charge is 0.481 e. The smallest absolute Gasteiger partial charge is 0.305 e. The van der Waals surface area contributed by atoms with Gasteiger partial charge in [-0.1, -0.05) is 47.6 Å². The normalized spacial score (nSPS) is 14.9. The molecule has 2 aromatic carbocycles. The maximum atomic E-state index is 12.6. The fourth-order valence-corrected chi connectivity index (χ4v) is 3.16. The van der Waals surface area contributed by atoms with Crippen molar-refractivity contribution in [1.29, 1.82) is 0 Å². The molecule has 4 rings (SSSR count). The van der Waals surface area contributed by atoms with Crippen molar-refractivity contribution in [2.75, 3.05) is 0 Å². The number of rotatable bonds is 6. The van der Waals surface area contributed by atoms with Crippen LogP contribution in [0, 0.1) is 0 Å². The third kappa shape index (κ3) is 3.31. The van der Waals surface area contributed by atoms with E-state index in [9.17, 15) is 14.7 Å². The Morgan fingerprint density at radius 2 is 1.96 bits per heavy atom. The molecule has 1 saturated carbocycles. The van der Waals surface area contributed by atoms with Crippen LogP contribution in [0.25, 0.3) is 10.8 Å². The summed E-state index contributed by atoms with van der Waals surface area (Å²) in [5.41, 5.74) is 1.55. The first-order chi connectivity index (χ1) is 12.6. The second-order valence-electron chi connectivity index (χ2n) is 6.58. The summed E-state index contributed by atoms with van der Waals surface area (Å²) in [6, 6.07) is 14.3. The lowest BCUT2D eigenvalue weighted by atomic mass is 9.96. The van der Waals surface area contributed by atoms with Gasteiger partial charge in [-0.05, 0) is 29.2 Å². The Labute approximate surface area is 149 Å². The van der Waals surface area contributed by atoms with E-state index in [1.54, 1.807) is 6.07 Å². The second-order valence-corrected chi connectivity index (χ2v) is 6.58. The van der Waals surface area contributed by atoms with Crippen LogP contribution in [0.3, 0.4) is 0 Å². The fourth-order valence-electron chi connectivity index (χ4n) is 3.16. The minimum Gasteiger partial charge on any atom is -0.481 e. The van der Waals surface area contributed by atoms with Gasteiger partial charge in [-0.2, -0.15) is 0 Å². The number of carbonyl (C=O) groups excluding carboxylic acids is 1. The number of fused-ring (bicyclic) bond motifs is 1. The van der Waals surface area contributed by atoms with Crippen molar-refractivity contribution in [3.05, 3.63) is 65.5 Å². The predicted molar refractivity (Wildman–Crippen MR) is 94.9 cm³/mol. The molecule has 26 heavy (non-hydrogen) atoms. The number of nitrogens with zero attached hydrogens (tertiary/aromatic N) is 1. The van der Waals surface area contributed by atoms with Crippen LogP contribution in [0.4, 0.5) is 0 Å². The van der Waals surface area contributed by atoms with Crippen LogP contribution in [0.15, 0.2) is 53.1 Å². The molecule has 1 amide bonds. The number of benzene rings is 2. The van der Waals surface area contributed by atoms with Gasteiger partial charge in [0.25, 0.3) is 5.91 Å². The van der Waals surface area contributed by atoms with Crippen LogP contribution in [-0.2, 0) is 4.79 Å². The van der Waals surface area contributed by atoms with Crippen LogP contribution >= 0.6 is 0 Å². The number of aromatic nitrogens is 1. The quantitative estimate of drug-likeness (QED) is 0.708. The predicted octanol–water partition coefficient (Wildman–Crippen LogP) is 3.65. The van der Waals surface area contributed by atoms with Crippen LogP contribution in [0.5, 0.6) is 0 Å². The highest BCUT2D eigenvalue weighted by Gasteiger charge is 2.29. The molecule has 2 N–H and O–H groups in total. The van der Waals surface area contributed by atoms with Crippen LogP contribution in [0.2, 0.25) is 0 Å². The summed E-state index contributed by atoms with van der Waals surface area (Å²) in [7, 11) is 0. The number of hydrogen-bond donors (Lipinski definition) is 2. The van der Waals surface area contributed by atoms with Crippen LogP contribution in [0.1, 0.15) is 53.0 Å². The average Bonchev–Trinajstić information content (AvgIpc) is 3.37. The third-order valence-corrected chi connectivity index (χ3v) is 4.63. The maximum Gasteiger partial charge on any atom is 0.305 e. The molecule has 1 heterocycles. The van der Waals surface area contributed by atoms with E-state index in [4.69, 9.17) is 4.52 Å². The van der Waals surface area contributed by atoms with Gasteiger partial charge < -0.3 is 14.9 Å². The van der Waals surface area contributed by atoms with Gasteiger partial charge in [0, 0.05) is 12.0 Å². The molecular formula is C20H18N2O4. The Morgan fingerprint density at radius 3 is 2.73 bits per heavy atom. The molecule has 3 aromatic rings. The lowest BCUT2D eigenvalue weighted by molar-refractivity contribution is -0.137. The molecule has 1 aliphatic rings. The van der Waals surface area contributed by atoms with Crippen molar-refractivity contribution in [3.63, 3.8) is 0 Å². The zero-order valence-electron chi connectivity index (χ0n) is 14.0. The van der Waals surface area contributed by atoms with Crippen molar-refractivity contribution >= 4 is 22.6 Å². The minimum absolute atomic E-state index is 0.113. The number of carboxylic acids is 1. The van der Waals surface area contributed by atoms with E-state index in [1.165, 1.54) is 0 Å². The van der Waals surface area contributed by atoms with Gasteiger partial charge in [0.05, 0.1) is 18.2 Å². The summed E-state index contributed by atoms with van der Waals surface area (Å²) in [6.45, 7) is 0. The Hall–Kier alpha value is -3.15.